The maximum atomic E-state index is 12.3. The molecule has 156 valence electrons. The first kappa shape index (κ1) is 21.3. The number of aliphatic hydroxyl groups excluding tert-OH is 1. The van der Waals surface area contributed by atoms with Crippen LogP contribution in [0.5, 0.6) is 17.2 Å². The fourth-order valence-corrected chi connectivity index (χ4v) is 3.78. The fourth-order valence-electron chi connectivity index (χ4n) is 2.76. The molecule has 0 atom stereocenters. The number of nitrogens with zero attached hydrogens (tertiary/aromatic N) is 1. The lowest BCUT2D eigenvalue weighted by atomic mass is 10.1. The number of methoxy groups -OCH3 is 4. The Kier molecular flexibility index (Phi) is 6.68. The predicted molar refractivity (Wildman–Crippen MR) is 117 cm³/mol. The molecule has 1 aliphatic rings. The maximum Gasteiger partial charge on any atom is 0.344 e. The van der Waals surface area contributed by atoms with Gasteiger partial charge >= 0.3 is 5.97 Å². The lowest BCUT2D eigenvalue weighted by Gasteiger charge is -2.08. The van der Waals surface area contributed by atoms with E-state index in [-0.39, 0.29) is 11.3 Å². The highest BCUT2D eigenvalue weighted by molar-refractivity contribution is 8.18. The second-order valence-corrected chi connectivity index (χ2v) is 7.08. The molecule has 0 aromatic heterocycles. The summed E-state index contributed by atoms with van der Waals surface area (Å²) >= 11 is 1.16. The first-order valence-corrected chi connectivity index (χ1v) is 9.69. The zero-order valence-corrected chi connectivity index (χ0v) is 17.8. The van der Waals surface area contributed by atoms with E-state index in [1.165, 1.54) is 7.11 Å². The highest BCUT2D eigenvalue weighted by atomic mass is 32.2. The average Bonchev–Trinajstić information content (AvgIpc) is 3.08. The lowest BCUT2D eigenvalue weighted by Crippen LogP contribution is -2.10. The summed E-state index contributed by atoms with van der Waals surface area (Å²) in [6, 6.07) is 12.3. The molecule has 1 aliphatic heterocycles. The van der Waals surface area contributed by atoms with E-state index in [0.29, 0.717) is 38.4 Å². The zero-order chi connectivity index (χ0) is 21.7. The standard InChI is InChI=1S/C22H21NO6S/c1-26-15-7-5-14(6-8-15)23-21-19(22(25)29-4)20(24)18(30-21)12-13-11-16(27-2)9-10-17(13)28-3/h5-12,24H,1-4H3. The normalized spacial score (nSPS) is 16.1. The van der Waals surface area contributed by atoms with Crippen LogP contribution in [0.2, 0.25) is 0 Å². The Morgan fingerprint density at radius 2 is 1.63 bits per heavy atom. The van der Waals surface area contributed by atoms with Crippen molar-refractivity contribution < 1.29 is 28.8 Å². The number of carbonyl (C=O) groups excluding carboxylic acids is 1. The Balaban J connectivity index is 2.06. The molecule has 2 aromatic carbocycles. The maximum absolute atomic E-state index is 12.3. The van der Waals surface area contributed by atoms with Gasteiger partial charge in [0.15, 0.2) is 0 Å². The van der Waals surface area contributed by atoms with Gasteiger partial charge in [-0.2, -0.15) is 0 Å². The van der Waals surface area contributed by atoms with Crippen molar-refractivity contribution in [1.82, 2.24) is 0 Å². The molecule has 8 heteroatoms. The van der Waals surface area contributed by atoms with E-state index in [2.05, 4.69) is 4.99 Å². The van der Waals surface area contributed by atoms with Crippen molar-refractivity contribution >= 4 is 34.5 Å². The summed E-state index contributed by atoms with van der Waals surface area (Å²) in [7, 11) is 5.95. The second-order valence-electron chi connectivity index (χ2n) is 6.05. The van der Waals surface area contributed by atoms with E-state index in [1.54, 1.807) is 69.9 Å². The van der Waals surface area contributed by atoms with Gasteiger partial charge in [0.25, 0.3) is 0 Å². The van der Waals surface area contributed by atoms with E-state index in [4.69, 9.17) is 18.9 Å². The third kappa shape index (κ3) is 4.44. The van der Waals surface area contributed by atoms with Crippen molar-refractivity contribution in [3.05, 3.63) is 64.3 Å². The molecule has 0 amide bonds. The molecular formula is C22H21NO6S. The molecule has 0 bridgehead atoms. The van der Waals surface area contributed by atoms with Crippen molar-refractivity contribution in [2.24, 2.45) is 4.99 Å². The van der Waals surface area contributed by atoms with Crippen molar-refractivity contribution in [3.63, 3.8) is 0 Å². The van der Waals surface area contributed by atoms with E-state index in [0.717, 1.165) is 11.8 Å². The van der Waals surface area contributed by atoms with Gasteiger partial charge in [0, 0.05) is 5.56 Å². The minimum Gasteiger partial charge on any atom is -0.506 e. The first-order chi connectivity index (χ1) is 14.5. The summed E-state index contributed by atoms with van der Waals surface area (Å²) in [5.74, 6) is 1.04. The molecule has 0 saturated carbocycles. The Hall–Kier alpha value is -3.39. The average molecular weight is 427 g/mol. The first-order valence-electron chi connectivity index (χ1n) is 8.87. The summed E-state index contributed by atoms with van der Waals surface area (Å²) in [4.78, 5) is 17.3. The molecule has 1 heterocycles. The van der Waals surface area contributed by atoms with Crippen molar-refractivity contribution in [2.75, 3.05) is 28.4 Å². The summed E-state index contributed by atoms with van der Waals surface area (Å²) in [6.07, 6.45) is 1.71. The van der Waals surface area contributed by atoms with Crippen LogP contribution in [-0.2, 0) is 9.53 Å². The quantitative estimate of drug-likeness (QED) is 0.679. The summed E-state index contributed by atoms with van der Waals surface area (Å²) in [5, 5.41) is 11.1. The van der Waals surface area contributed by atoms with Crippen LogP contribution in [0.4, 0.5) is 5.69 Å². The number of aliphatic hydroxyl groups is 1. The molecule has 1 N–H and O–H groups in total. The smallest absolute Gasteiger partial charge is 0.344 e. The summed E-state index contributed by atoms with van der Waals surface area (Å²) in [5.41, 5.74) is 1.29. The monoisotopic (exact) mass is 427 g/mol. The Bertz CT molecular complexity index is 1040. The number of aliphatic imine (C=N–C) groups is 1. The van der Waals surface area contributed by atoms with Gasteiger partial charge < -0.3 is 24.1 Å². The van der Waals surface area contributed by atoms with Crippen molar-refractivity contribution in [1.29, 1.82) is 0 Å². The van der Waals surface area contributed by atoms with Gasteiger partial charge in [-0.25, -0.2) is 9.79 Å². The van der Waals surface area contributed by atoms with Crippen molar-refractivity contribution in [2.45, 2.75) is 0 Å². The SMILES string of the molecule is COC(=O)C1=C(O)C(=Cc2cc(OC)ccc2OC)SC1=Nc1ccc(OC)cc1. The Morgan fingerprint density at radius 3 is 2.23 bits per heavy atom. The number of ether oxygens (including phenoxy) is 4. The molecule has 30 heavy (non-hydrogen) atoms. The molecule has 3 rings (SSSR count). The van der Waals surface area contributed by atoms with Crippen LogP contribution in [-0.4, -0.2) is 44.6 Å². The molecule has 0 aliphatic carbocycles. The van der Waals surface area contributed by atoms with Crippen LogP contribution in [0.1, 0.15) is 5.56 Å². The molecule has 0 saturated heterocycles. The van der Waals surface area contributed by atoms with Gasteiger partial charge in [0.2, 0.25) is 0 Å². The van der Waals surface area contributed by atoms with Gasteiger partial charge in [-0.15, -0.1) is 0 Å². The minimum atomic E-state index is -0.673. The number of benzene rings is 2. The molecule has 0 fully saturated rings. The van der Waals surface area contributed by atoms with Gasteiger partial charge in [0.1, 0.15) is 33.6 Å². The number of rotatable bonds is 6. The van der Waals surface area contributed by atoms with E-state index >= 15 is 0 Å². The Labute approximate surface area is 178 Å². The third-order valence-corrected chi connectivity index (χ3v) is 5.33. The molecule has 7 nitrogen and oxygen atoms in total. The molecule has 0 unspecified atom stereocenters. The number of carbonyl (C=O) groups is 1. The highest BCUT2D eigenvalue weighted by Crippen LogP contribution is 2.41. The molecule has 2 aromatic rings. The topological polar surface area (TPSA) is 86.6 Å². The van der Waals surface area contributed by atoms with Crippen LogP contribution >= 0.6 is 11.8 Å². The predicted octanol–water partition coefficient (Wildman–Crippen LogP) is 4.52. The van der Waals surface area contributed by atoms with Crippen molar-refractivity contribution in [3.8, 4) is 17.2 Å². The summed E-state index contributed by atoms with van der Waals surface area (Å²) in [6.45, 7) is 0. The highest BCUT2D eigenvalue weighted by Gasteiger charge is 2.33. The minimum absolute atomic E-state index is 0.00595. The third-order valence-electron chi connectivity index (χ3n) is 4.31. The van der Waals surface area contributed by atoms with Crippen LogP contribution < -0.4 is 14.2 Å². The van der Waals surface area contributed by atoms with E-state index in [1.807, 2.05) is 0 Å². The summed E-state index contributed by atoms with van der Waals surface area (Å²) < 4.78 is 20.7. The largest absolute Gasteiger partial charge is 0.506 e. The van der Waals surface area contributed by atoms with Gasteiger partial charge in [0.05, 0.1) is 39.0 Å². The Morgan fingerprint density at radius 1 is 0.967 bits per heavy atom. The van der Waals surface area contributed by atoms with Crippen LogP contribution in [0, 0.1) is 0 Å². The van der Waals surface area contributed by atoms with Gasteiger partial charge in [-0.05, 0) is 48.5 Å². The second kappa shape index (κ2) is 9.41. The number of hydrogen-bond donors (Lipinski definition) is 1. The lowest BCUT2D eigenvalue weighted by molar-refractivity contribution is -0.135. The van der Waals surface area contributed by atoms with E-state index in [9.17, 15) is 9.90 Å². The molecule has 0 spiro atoms. The number of thioether (sulfide) groups is 1. The van der Waals surface area contributed by atoms with Crippen LogP contribution in [0.25, 0.3) is 6.08 Å². The molecule has 0 radical (unpaired) electrons. The number of hydrogen-bond acceptors (Lipinski definition) is 8. The zero-order valence-electron chi connectivity index (χ0n) is 17.0. The van der Waals surface area contributed by atoms with Crippen LogP contribution in [0.15, 0.2) is 63.7 Å². The fraction of sp³-hybridized carbons (Fsp3) is 0.182. The van der Waals surface area contributed by atoms with Gasteiger partial charge in [-0.1, -0.05) is 11.8 Å². The molecular weight excluding hydrogens is 406 g/mol. The number of esters is 1. The van der Waals surface area contributed by atoms with Gasteiger partial charge in [-0.3, -0.25) is 0 Å². The van der Waals surface area contributed by atoms with E-state index < -0.39 is 5.97 Å². The van der Waals surface area contributed by atoms with Crippen LogP contribution in [0.3, 0.4) is 0 Å².